The number of aromatic nitrogens is 5. The van der Waals surface area contributed by atoms with Gasteiger partial charge in [0.2, 0.25) is 0 Å². The number of carbonyl (C=O) groups excluding carboxylic acids is 3. The van der Waals surface area contributed by atoms with E-state index in [1.165, 1.54) is 28.2 Å². The van der Waals surface area contributed by atoms with Gasteiger partial charge in [-0.2, -0.15) is 0 Å². The SMILES string of the molecule is CCCN(CCCC(=O)c1ccccc1)C(=O)C(=O)c1c[nH]c2c(-n3ccnn3)ncc(F)c12. The summed E-state index contributed by atoms with van der Waals surface area (Å²) < 4.78 is 16.0. The minimum absolute atomic E-state index is 0.0253. The van der Waals surface area contributed by atoms with Crippen LogP contribution < -0.4 is 0 Å². The summed E-state index contributed by atoms with van der Waals surface area (Å²) in [6.45, 7) is 2.48. The highest BCUT2D eigenvalue weighted by Gasteiger charge is 2.27. The number of nitrogens with zero attached hydrogens (tertiary/aromatic N) is 5. The Bertz CT molecular complexity index is 1320. The number of aromatic amines is 1. The fourth-order valence-corrected chi connectivity index (χ4v) is 3.81. The number of hydrogen-bond donors (Lipinski definition) is 1. The number of halogens is 1. The zero-order valence-electron chi connectivity index (χ0n) is 18.6. The Morgan fingerprint density at radius 3 is 2.65 bits per heavy atom. The number of benzene rings is 1. The van der Waals surface area contributed by atoms with Gasteiger partial charge in [0.1, 0.15) is 0 Å². The molecule has 3 aromatic heterocycles. The predicted molar refractivity (Wildman–Crippen MR) is 122 cm³/mol. The fourth-order valence-electron chi connectivity index (χ4n) is 3.81. The molecule has 1 aromatic carbocycles. The highest BCUT2D eigenvalue weighted by Crippen LogP contribution is 2.26. The molecule has 0 saturated heterocycles. The minimum atomic E-state index is -0.830. The largest absolute Gasteiger partial charge is 0.357 e. The van der Waals surface area contributed by atoms with Gasteiger partial charge in [-0.05, 0) is 12.8 Å². The third-order valence-corrected chi connectivity index (χ3v) is 5.43. The summed E-state index contributed by atoms with van der Waals surface area (Å²) in [5, 5.41) is 7.53. The van der Waals surface area contributed by atoms with Crippen LogP contribution in [0.1, 0.15) is 46.9 Å². The van der Waals surface area contributed by atoms with E-state index in [1.807, 2.05) is 13.0 Å². The quantitative estimate of drug-likeness (QED) is 0.286. The average Bonchev–Trinajstić information content (AvgIpc) is 3.54. The maximum absolute atomic E-state index is 14.7. The van der Waals surface area contributed by atoms with Crippen molar-refractivity contribution in [2.24, 2.45) is 0 Å². The fraction of sp³-hybridized carbons (Fsp3) is 0.250. The molecule has 0 aliphatic rings. The first kappa shape index (κ1) is 23.0. The molecule has 1 N–H and O–H groups in total. The van der Waals surface area contributed by atoms with Gasteiger partial charge in [0.25, 0.3) is 11.7 Å². The molecule has 0 saturated carbocycles. The summed E-state index contributed by atoms with van der Waals surface area (Å²) in [7, 11) is 0. The smallest absolute Gasteiger partial charge is 0.295 e. The number of fused-ring (bicyclic) bond motifs is 1. The van der Waals surface area contributed by atoms with Crippen LogP contribution in [0.3, 0.4) is 0 Å². The number of Topliss-reactive ketones (excluding diaryl/α,β-unsaturated/α-hetero) is 2. The molecule has 0 atom stereocenters. The van der Waals surface area contributed by atoms with Crippen LogP contribution in [-0.4, -0.2) is 60.4 Å². The van der Waals surface area contributed by atoms with E-state index in [9.17, 15) is 18.8 Å². The zero-order chi connectivity index (χ0) is 24.1. The van der Waals surface area contributed by atoms with Crippen LogP contribution in [-0.2, 0) is 4.79 Å². The molecule has 3 heterocycles. The molecule has 0 spiro atoms. The molecule has 4 aromatic rings. The van der Waals surface area contributed by atoms with Crippen molar-refractivity contribution in [3.63, 3.8) is 0 Å². The third kappa shape index (κ3) is 4.61. The first-order valence-electron chi connectivity index (χ1n) is 10.9. The molecular weight excluding hydrogens is 439 g/mol. The third-order valence-electron chi connectivity index (χ3n) is 5.43. The van der Waals surface area contributed by atoms with E-state index < -0.39 is 17.5 Å². The predicted octanol–water partition coefficient (Wildman–Crippen LogP) is 3.37. The van der Waals surface area contributed by atoms with Crippen molar-refractivity contribution in [3.8, 4) is 5.82 Å². The minimum Gasteiger partial charge on any atom is -0.357 e. The van der Waals surface area contributed by atoms with Gasteiger partial charge in [-0.3, -0.25) is 14.4 Å². The maximum atomic E-state index is 14.7. The Morgan fingerprint density at radius 1 is 1.15 bits per heavy atom. The number of carbonyl (C=O) groups is 3. The number of ketones is 2. The first-order valence-corrected chi connectivity index (χ1v) is 10.9. The summed E-state index contributed by atoms with van der Waals surface area (Å²) in [5.41, 5.74) is 0.762. The molecule has 0 aliphatic carbocycles. The lowest BCUT2D eigenvalue weighted by Crippen LogP contribution is -2.38. The Kier molecular flexibility index (Phi) is 6.86. The van der Waals surface area contributed by atoms with Gasteiger partial charge < -0.3 is 9.88 Å². The summed E-state index contributed by atoms with van der Waals surface area (Å²) in [6.07, 6.45) is 6.56. The van der Waals surface area contributed by atoms with E-state index in [1.54, 1.807) is 24.3 Å². The van der Waals surface area contributed by atoms with Crippen LogP contribution >= 0.6 is 0 Å². The number of rotatable bonds is 10. The number of pyridine rings is 1. The normalized spacial score (nSPS) is 11.0. The summed E-state index contributed by atoms with van der Waals surface area (Å²) >= 11 is 0. The lowest BCUT2D eigenvalue weighted by Gasteiger charge is -2.21. The van der Waals surface area contributed by atoms with Crippen molar-refractivity contribution in [3.05, 3.63) is 72.1 Å². The molecule has 0 radical (unpaired) electrons. The Hall–Kier alpha value is -4.21. The number of H-pyrrole nitrogens is 1. The first-order chi connectivity index (χ1) is 16.5. The van der Waals surface area contributed by atoms with Crippen molar-refractivity contribution >= 4 is 28.4 Å². The lowest BCUT2D eigenvalue weighted by atomic mass is 10.1. The van der Waals surface area contributed by atoms with E-state index >= 15 is 0 Å². The monoisotopic (exact) mass is 462 g/mol. The highest BCUT2D eigenvalue weighted by molar-refractivity contribution is 6.45. The highest BCUT2D eigenvalue weighted by atomic mass is 19.1. The van der Waals surface area contributed by atoms with Gasteiger partial charge in [0, 0.05) is 31.3 Å². The van der Waals surface area contributed by atoms with Gasteiger partial charge in [-0.25, -0.2) is 14.1 Å². The van der Waals surface area contributed by atoms with Crippen molar-refractivity contribution in [2.45, 2.75) is 26.2 Å². The molecule has 1 amide bonds. The topological polar surface area (TPSA) is 114 Å². The van der Waals surface area contributed by atoms with Crippen LogP contribution in [0.25, 0.3) is 16.7 Å². The molecule has 0 bridgehead atoms. The zero-order valence-corrected chi connectivity index (χ0v) is 18.6. The number of amides is 1. The molecule has 0 aliphatic heterocycles. The van der Waals surface area contributed by atoms with E-state index in [0.717, 1.165) is 6.20 Å². The summed E-state index contributed by atoms with van der Waals surface area (Å²) in [6, 6.07) is 8.91. The van der Waals surface area contributed by atoms with Gasteiger partial charge in [0.05, 0.1) is 35.1 Å². The molecule has 0 unspecified atom stereocenters. The van der Waals surface area contributed by atoms with Crippen molar-refractivity contribution < 1.29 is 18.8 Å². The molecule has 174 valence electrons. The van der Waals surface area contributed by atoms with Gasteiger partial charge >= 0.3 is 0 Å². The second kappa shape index (κ2) is 10.2. The molecule has 10 heteroatoms. The molecule has 34 heavy (non-hydrogen) atoms. The van der Waals surface area contributed by atoms with Crippen LogP contribution in [0.2, 0.25) is 0 Å². The van der Waals surface area contributed by atoms with Gasteiger partial charge in [-0.1, -0.05) is 42.5 Å². The summed E-state index contributed by atoms with van der Waals surface area (Å²) in [5.74, 6) is -2.07. The molecule has 9 nitrogen and oxygen atoms in total. The Balaban J connectivity index is 1.52. The van der Waals surface area contributed by atoms with E-state index in [2.05, 4.69) is 20.3 Å². The number of nitrogens with one attached hydrogen (secondary N) is 1. The molecular formula is C24H23FN6O3. The summed E-state index contributed by atoms with van der Waals surface area (Å²) in [4.78, 5) is 46.8. The standard InChI is InChI=1S/C24H23FN6O3/c1-2-11-30(12-6-9-19(32)16-7-4-3-5-8-16)24(34)22(33)17-14-26-21-20(17)18(25)15-27-23(21)31-13-10-28-29-31/h3-5,7-8,10,13-15,26H,2,6,9,11-12H2,1H3. The lowest BCUT2D eigenvalue weighted by molar-refractivity contribution is -0.126. The second-order valence-corrected chi connectivity index (χ2v) is 7.74. The van der Waals surface area contributed by atoms with Crippen LogP contribution in [0, 0.1) is 5.82 Å². The molecule has 4 rings (SSSR count). The number of hydrogen-bond acceptors (Lipinski definition) is 6. The maximum Gasteiger partial charge on any atom is 0.295 e. The average molecular weight is 462 g/mol. The van der Waals surface area contributed by atoms with Crippen LogP contribution in [0.4, 0.5) is 4.39 Å². The Labute approximate surface area is 194 Å². The van der Waals surface area contributed by atoms with Gasteiger partial charge in [0.15, 0.2) is 17.4 Å². The van der Waals surface area contributed by atoms with Crippen LogP contribution in [0.15, 0.2) is 55.1 Å². The van der Waals surface area contributed by atoms with Crippen molar-refractivity contribution in [1.82, 2.24) is 29.9 Å². The van der Waals surface area contributed by atoms with E-state index in [0.29, 0.717) is 24.9 Å². The van der Waals surface area contributed by atoms with Crippen LogP contribution in [0.5, 0.6) is 0 Å². The second-order valence-electron chi connectivity index (χ2n) is 7.74. The van der Waals surface area contributed by atoms with E-state index in [4.69, 9.17) is 0 Å². The van der Waals surface area contributed by atoms with Crippen molar-refractivity contribution in [1.29, 1.82) is 0 Å². The van der Waals surface area contributed by atoms with Crippen molar-refractivity contribution in [2.75, 3.05) is 13.1 Å². The Morgan fingerprint density at radius 2 is 1.94 bits per heavy atom. The molecule has 0 fully saturated rings. The van der Waals surface area contributed by atoms with Gasteiger partial charge in [-0.15, -0.1) is 5.10 Å². The van der Waals surface area contributed by atoms with E-state index in [-0.39, 0.29) is 41.0 Å².